The highest BCUT2D eigenvalue weighted by molar-refractivity contribution is 7.90. The SMILES string of the molecule is CC[C@H](C)[C@H](N=C1NS(=O)(=O)c2ccccc21)C(=O)NNC(=O)c1oc2ccccc2c1C. The second-order valence-corrected chi connectivity index (χ2v) is 9.56. The number of rotatable bonds is 5. The smallest absolute Gasteiger partial charge is 0.305 e. The molecular weight excluding hydrogens is 444 g/mol. The predicted octanol–water partition coefficient (Wildman–Crippen LogP) is 2.66. The Kier molecular flexibility index (Phi) is 5.94. The maximum absolute atomic E-state index is 13.0. The second kappa shape index (κ2) is 8.70. The third-order valence-corrected chi connectivity index (χ3v) is 7.13. The molecule has 0 radical (unpaired) electrons. The number of nitrogens with zero attached hydrogens (tertiary/aromatic N) is 1. The number of aliphatic imine (C=N–C) groups is 1. The lowest BCUT2D eigenvalue weighted by Gasteiger charge is -2.19. The number of hydrazine groups is 1. The second-order valence-electron chi connectivity index (χ2n) is 7.91. The Morgan fingerprint density at radius 2 is 1.79 bits per heavy atom. The number of sulfonamides is 1. The monoisotopic (exact) mass is 468 g/mol. The molecule has 172 valence electrons. The molecule has 0 saturated carbocycles. The van der Waals surface area contributed by atoms with Crippen LogP contribution in [0.4, 0.5) is 0 Å². The van der Waals surface area contributed by atoms with Gasteiger partial charge in [-0.2, -0.15) is 0 Å². The van der Waals surface area contributed by atoms with Crippen LogP contribution < -0.4 is 15.6 Å². The topological polar surface area (TPSA) is 130 Å². The fourth-order valence-electron chi connectivity index (χ4n) is 3.68. The summed E-state index contributed by atoms with van der Waals surface area (Å²) in [7, 11) is -3.73. The van der Waals surface area contributed by atoms with E-state index in [9.17, 15) is 18.0 Å². The predicted molar refractivity (Wildman–Crippen MR) is 123 cm³/mol. The number of nitrogens with one attached hydrogen (secondary N) is 3. The first kappa shape index (κ1) is 22.5. The van der Waals surface area contributed by atoms with Crippen molar-refractivity contribution in [2.45, 2.75) is 38.1 Å². The number of fused-ring (bicyclic) bond motifs is 2. The number of hydrogen-bond acceptors (Lipinski definition) is 6. The van der Waals surface area contributed by atoms with Gasteiger partial charge in [0.25, 0.3) is 15.9 Å². The number of aryl methyl sites for hydroxylation is 1. The van der Waals surface area contributed by atoms with Crippen molar-refractivity contribution in [3.63, 3.8) is 0 Å². The van der Waals surface area contributed by atoms with Gasteiger partial charge in [-0.05, 0) is 31.0 Å². The molecule has 1 aliphatic rings. The number of benzene rings is 2. The minimum atomic E-state index is -3.73. The quantitative estimate of drug-likeness (QED) is 0.496. The van der Waals surface area contributed by atoms with E-state index in [1.807, 2.05) is 26.0 Å². The van der Waals surface area contributed by atoms with E-state index in [2.05, 4.69) is 20.6 Å². The van der Waals surface area contributed by atoms with E-state index in [0.717, 1.165) is 5.39 Å². The first-order chi connectivity index (χ1) is 15.7. The molecule has 9 nitrogen and oxygen atoms in total. The van der Waals surface area contributed by atoms with Gasteiger partial charge in [-0.1, -0.05) is 50.6 Å². The number of carbonyl (C=O) groups excluding carboxylic acids is 2. The average molecular weight is 469 g/mol. The normalized spacial score (nSPS) is 17.2. The van der Waals surface area contributed by atoms with Crippen LogP contribution in [0.25, 0.3) is 11.0 Å². The summed E-state index contributed by atoms with van der Waals surface area (Å²) in [6.45, 7) is 5.49. The standard InChI is InChI=1S/C23H24N4O5S/c1-4-13(2)19(24-21-16-10-6-8-12-18(16)33(30,31)27-21)22(28)25-26-23(29)20-14(3)15-9-5-7-11-17(15)32-20/h5-13,19H,4H2,1-3H3,(H,24,27)(H,25,28)(H,26,29)/t13-,19-/m0/s1. The fourth-order valence-corrected chi connectivity index (χ4v) is 4.92. The largest absolute Gasteiger partial charge is 0.451 e. The first-order valence-corrected chi connectivity index (χ1v) is 12.0. The minimum absolute atomic E-state index is 0.0976. The summed E-state index contributed by atoms with van der Waals surface area (Å²) >= 11 is 0. The zero-order valence-electron chi connectivity index (χ0n) is 18.4. The number of hydrogen-bond donors (Lipinski definition) is 3. The van der Waals surface area contributed by atoms with Gasteiger partial charge >= 0.3 is 5.91 Å². The molecule has 1 aliphatic heterocycles. The van der Waals surface area contributed by atoms with Crippen molar-refractivity contribution in [1.29, 1.82) is 0 Å². The van der Waals surface area contributed by atoms with Crippen molar-refractivity contribution in [2.24, 2.45) is 10.9 Å². The summed E-state index contributed by atoms with van der Waals surface area (Å²) in [6, 6.07) is 12.8. The lowest BCUT2D eigenvalue weighted by atomic mass is 9.99. The van der Waals surface area contributed by atoms with Crippen molar-refractivity contribution in [3.05, 3.63) is 65.4 Å². The van der Waals surface area contributed by atoms with Gasteiger partial charge in [0.1, 0.15) is 17.5 Å². The van der Waals surface area contributed by atoms with Gasteiger partial charge in [-0.3, -0.25) is 30.2 Å². The molecule has 3 N–H and O–H groups in total. The van der Waals surface area contributed by atoms with Crippen LogP contribution in [0.3, 0.4) is 0 Å². The Hall–Kier alpha value is -3.66. The number of para-hydroxylation sites is 1. The molecule has 1 aromatic heterocycles. The summed E-state index contributed by atoms with van der Waals surface area (Å²) in [5.74, 6) is -1.19. The molecule has 0 saturated heterocycles. The first-order valence-electron chi connectivity index (χ1n) is 10.5. The zero-order valence-corrected chi connectivity index (χ0v) is 19.2. The Balaban J connectivity index is 1.55. The summed E-state index contributed by atoms with van der Waals surface area (Å²) in [6.07, 6.45) is 0.611. The van der Waals surface area contributed by atoms with E-state index in [1.54, 1.807) is 37.3 Å². The van der Waals surface area contributed by atoms with E-state index >= 15 is 0 Å². The molecule has 2 amide bonds. The zero-order chi connectivity index (χ0) is 23.8. The van der Waals surface area contributed by atoms with Gasteiger partial charge in [-0.15, -0.1) is 0 Å². The summed E-state index contributed by atoms with van der Waals surface area (Å²) in [5, 5.41) is 0.810. The maximum Gasteiger partial charge on any atom is 0.305 e. The molecule has 0 fully saturated rings. The molecule has 33 heavy (non-hydrogen) atoms. The van der Waals surface area contributed by atoms with Crippen LogP contribution in [0.5, 0.6) is 0 Å². The van der Waals surface area contributed by atoms with Crippen LogP contribution in [0.2, 0.25) is 0 Å². The van der Waals surface area contributed by atoms with E-state index in [1.165, 1.54) is 6.07 Å². The van der Waals surface area contributed by atoms with Crippen molar-refractivity contribution < 1.29 is 22.4 Å². The summed E-state index contributed by atoms with van der Waals surface area (Å²) < 4.78 is 32.8. The fraction of sp³-hybridized carbons (Fsp3) is 0.261. The van der Waals surface area contributed by atoms with Crippen molar-refractivity contribution in [2.75, 3.05) is 0 Å². The molecule has 2 atom stereocenters. The highest BCUT2D eigenvalue weighted by Gasteiger charge is 2.33. The molecule has 0 spiro atoms. The van der Waals surface area contributed by atoms with Crippen LogP contribution in [0.1, 0.15) is 41.9 Å². The Morgan fingerprint density at radius 1 is 1.09 bits per heavy atom. The average Bonchev–Trinajstić information content (AvgIpc) is 3.29. The van der Waals surface area contributed by atoms with Crippen molar-refractivity contribution >= 4 is 38.6 Å². The lowest BCUT2D eigenvalue weighted by Crippen LogP contribution is -2.48. The molecule has 0 aliphatic carbocycles. The number of furan rings is 1. The molecule has 10 heteroatoms. The molecular formula is C23H24N4O5S. The molecule has 3 aromatic rings. The van der Waals surface area contributed by atoms with Crippen molar-refractivity contribution in [1.82, 2.24) is 15.6 Å². The van der Waals surface area contributed by atoms with Crippen LogP contribution in [-0.4, -0.2) is 32.1 Å². The Labute approximate surface area is 191 Å². The van der Waals surface area contributed by atoms with Crippen LogP contribution >= 0.6 is 0 Å². The van der Waals surface area contributed by atoms with E-state index < -0.39 is 27.9 Å². The van der Waals surface area contributed by atoms with Gasteiger partial charge in [-0.25, -0.2) is 8.42 Å². The molecule has 2 aromatic carbocycles. The van der Waals surface area contributed by atoms with Gasteiger partial charge in [0.15, 0.2) is 5.76 Å². The molecule has 4 rings (SSSR count). The van der Waals surface area contributed by atoms with Crippen LogP contribution in [0.15, 0.2) is 62.8 Å². The minimum Gasteiger partial charge on any atom is -0.451 e. The highest BCUT2D eigenvalue weighted by Crippen LogP contribution is 2.25. The van der Waals surface area contributed by atoms with Crippen LogP contribution in [0, 0.1) is 12.8 Å². The third kappa shape index (κ3) is 4.21. The van der Waals surface area contributed by atoms with Crippen LogP contribution in [-0.2, 0) is 14.8 Å². The lowest BCUT2D eigenvalue weighted by molar-refractivity contribution is -0.124. The van der Waals surface area contributed by atoms with Gasteiger partial charge in [0.05, 0.1) is 4.90 Å². The number of amides is 2. The van der Waals surface area contributed by atoms with E-state index in [0.29, 0.717) is 23.1 Å². The maximum atomic E-state index is 13.0. The van der Waals surface area contributed by atoms with Gasteiger partial charge < -0.3 is 4.42 Å². The Bertz CT molecular complexity index is 1380. The number of amidine groups is 1. The molecule has 0 unspecified atom stereocenters. The van der Waals surface area contributed by atoms with E-state index in [4.69, 9.17) is 4.42 Å². The van der Waals surface area contributed by atoms with Gasteiger partial charge in [0, 0.05) is 16.5 Å². The highest BCUT2D eigenvalue weighted by atomic mass is 32.2. The summed E-state index contributed by atoms with van der Waals surface area (Å²) in [4.78, 5) is 30.1. The third-order valence-electron chi connectivity index (χ3n) is 5.73. The Morgan fingerprint density at radius 3 is 2.52 bits per heavy atom. The number of carbonyl (C=O) groups is 2. The molecule has 0 bridgehead atoms. The van der Waals surface area contributed by atoms with E-state index in [-0.39, 0.29) is 22.4 Å². The molecule has 2 heterocycles. The van der Waals surface area contributed by atoms with Gasteiger partial charge in [0.2, 0.25) is 0 Å². The summed E-state index contributed by atoms with van der Waals surface area (Å²) in [5.41, 5.74) is 6.42. The van der Waals surface area contributed by atoms with Crippen molar-refractivity contribution in [3.8, 4) is 0 Å².